The van der Waals surface area contributed by atoms with Crippen molar-refractivity contribution in [3.8, 4) is 0 Å². The molecule has 1 aromatic carbocycles. The van der Waals surface area contributed by atoms with Crippen molar-refractivity contribution in [1.82, 2.24) is 5.32 Å². The third kappa shape index (κ3) is 3.30. The van der Waals surface area contributed by atoms with Crippen molar-refractivity contribution in [2.24, 2.45) is 0 Å². The van der Waals surface area contributed by atoms with Gasteiger partial charge in [-0.3, -0.25) is 0 Å². The quantitative estimate of drug-likeness (QED) is 0.887. The lowest BCUT2D eigenvalue weighted by molar-refractivity contribution is 0.00836. The molecular formula is C18H25NO2. The summed E-state index contributed by atoms with van der Waals surface area (Å²) in [5, 5.41) is 4.58. The van der Waals surface area contributed by atoms with E-state index in [0.29, 0.717) is 6.10 Å². The molecule has 3 rings (SSSR count). The van der Waals surface area contributed by atoms with Crippen LogP contribution < -0.4 is 5.32 Å². The van der Waals surface area contributed by atoms with E-state index in [1.54, 1.807) is 0 Å². The summed E-state index contributed by atoms with van der Waals surface area (Å²) in [7, 11) is 2.01. The van der Waals surface area contributed by atoms with Gasteiger partial charge in [-0.25, -0.2) is 0 Å². The zero-order chi connectivity index (χ0) is 14.7. The van der Waals surface area contributed by atoms with Crippen LogP contribution >= 0.6 is 0 Å². The maximum atomic E-state index is 6.09. The van der Waals surface area contributed by atoms with E-state index < -0.39 is 0 Å². The standard InChI is InChI=1S/C18H25NO2/c1-13-6-5-7-14-12-17(21-18(13)14)16(19-2)10-9-15-8-3-4-11-20-15/h5-7,12,15-16,19H,3-4,8-11H2,1-2H3. The number of hydrogen-bond donors (Lipinski definition) is 1. The Kier molecular flexibility index (Phi) is 4.61. The molecule has 0 bridgehead atoms. The van der Waals surface area contributed by atoms with E-state index in [9.17, 15) is 0 Å². The molecule has 1 aromatic heterocycles. The SMILES string of the molecule is CNC(CCC1CCCCO1)c1cc2cccc(C)c2o1. The molecule has 0 amide bonds. The van der Waals surface area contributed by atoms with Crippen LogP contribution in [0.3, 0.4) is 0 Å². The van der Waals surface area contributed by atoms with E-state index in [1.807, 2.05) is 7.05 Å². The molecule has 0 radical (unpaired) electrons. The molecule has 2 heterocycles. The first-order valence-corrected chi connectivity index (χ1v) is 8.06. The van der Waals surface area contributed by atoms with E-state index in [0.717, 1.165) is 30.8 Å². The monoisotopic (exact) mass is 287 g/mol. The van der Waals surface area contributed by atoms with Gasteiger partial charge in [-0.1, -0.05) is 18.2 Å². The summed E-state index contributed by atoms with van der Waals surface area (Å²) in [5.74, 6) is 1.04. The Labute approximate surface area is 126 Å². The number of benzene rings is 1. The fraction of sp³-hybridized carbons (Fsp3) is 0.556. The lowest BCUT2D eigenvalue weighted by Gasteiger charge is -2.24. The van der Waals surface area contributed by atoms with Crippen molar-refractivity contribution in [2.45, 2.75) is 51.2 Å². The number of rotatable bonds is 5. The van der Waals surface area contributed by atoms with Gasteiger partial charge in [0.15, 0.2) is 0 Å². The molecule has 1 aliphatic rings. The zero-order valence-corrected chi connectivity index (χ0v) is 13.0. The maximum Gasteiger partial charge on any atom is 0.137 e. The van der Waals surface area contributed by atoms with E-state index in [-0.39, 0.29) is 6.04 Å². The Morgan fingerprint density at radius 2 is 2.24 bits per heavy atom. The molecule has 1 N–H and O–H groups in total. The zero-order valence-electron chi connectivity index (χ0n) is 13.0. The van der Waals surface area contributed by atoms with Gasteiger partial charge in [-0.15, -0.1) is 0 Å². The van der Waals surface area contributed by atoms with Crippen molar-refractivity contribution in [2.75, 3.05) is 13.7 Å². The number of furan rings is 1. The van der Waals surface area contributed by atoms with Crippen molar-refractivity contribution >= 4 is 11.0 Å². The highest BCUT2D eigenvalue weighted by Gasteiger charge is 2.19. The van der Waals surface area contributed by atoms with Gasteiger partial charge in [0.05, 0.1) is 12.1 Å². The first-order valence-electron chi connectivity index (χ1n) is 8.06. The summed E-state index contributed by atoms with van der Waals surface area (Å²) < 4.78 is 11.9. The molecule has 21 heavy (non-hydrogen) atoms. The van der Waals surface area contributed by atoms with Crippen LogP contribution in [0.15, 0.2) is 28.7 Å². The highest BCUT2D eigenvalue weighted by Crippen LogP contribution is 2.29. The fourth-order valence-corrected chi connectivity index (χ4v) is 3.22. The Balaban J connectivity index is 1.70. The minimum Gasteiger partial charge on any atom is -0.459 e. The number of ether oxygens (including phenoxy) is 1. The molecule has 3 heteroatoms. The van der Waals surface area contributed by atoms with E-state index >= 15 is 0 Å². The molecule has 0 saturated carbocycles. The predicted octanol–water partition coefficient (Wildman–Crippen LogP) is 4.35. The molecular weight excluding hydrogens is 262 g/mol. The number of aryl methyl sites for hydroxylation is 1. The van der Waals surface area contributed by atoms with Crippen LogP contribution in [0.25, 0.3) is 11.0 Å². The van der Waals surface area contributed by atoms with Gasteiger partial charge in [0.2, 0.25) is 0 Å². The highest BCUT2D eigenvalue weighted by atomic mass is 16.5. The van der Waals surface area contributed by atoms with Gasteiger partial charge < -0.3 is 14.5 Å². The Morgan fingerprint density at radius 1 is 1.33 bits per heavy atom. The van der Waals surface area contributed by atoms with Gasteiger partial charge in [-0.2, -0.15) is 0 Å². The van der Waals surface area contributed by atoms with Crippen LogP contribution in [0.5, 0.6) is 0 Å². The molecule has 114 valence electrons. The molecule has 2 aromatic rings. The van der Waals surface area contributed by atoms with Gasteiger partial charge in [0, 0.05) is 12.0 Å². The second kappa shape index (κ2) is 6.63. The molecule has 1 saturated heterocycles. The van der Waals surface area contributed by atoms with Crippen molar-refractivity contribution < 1.29 is 9.15 Å². The summed E-state index contributed by atoms with van der Waals surface area (Å²) in [4.78, 5) is 0. The van der Waals surface area contributed by atoms with Crippen LogP contribution in [-0.4, -0.2) is 19.8 Å². The van der Waals surface area contributed by atoms with Crippen LogP contribution in [0.2, 0.25) is 0 Å². The summed E-state index contributed by atoms with van der Waals surface area (Å²) in [6.45, 7) is 3.03. The molecule has 2 atom stereocenters. The second-order valence-corrected chi connectivity index (χ2v) is 6.05. The Bertz CT molecular complexity index is 584. The second-order valence-electron chi connectivity index (χ2n) is 6.05. The van der Waals surface area contributed by atoms with Crippen LogP contribution in [0.1, 0.15) is 49.5 Å². The smallest absolute Gasteiger partial charge is 0.137 e. The number of nitrogens with one attached hydrogen (secondary N) is 1. The number of para-hydroxylation sites is 1. The van der Waals surface area contributed by atoms with Gasteiger partial charge in [0.1, 0.15) is 11.3 Å². The highest BCUT2D eigenvalue weighted by molar-refractivity contribution is 5.80. The van der Waals surface area contributed by atoms with Crippen LogP contribution in [-0.2, 0) is 4.74 Å². The lowest BCUT2D eigenvalue weighted by atomic mass is 10.0. The van der Waals surface area contributed by atoms with Gasteiger partial charge in [-0.05, 0) is 57.7 Å². The minimum atomic E-state index is 0.266. The molecule has 3 nitrogen and oxygen atoms in total. The Morgan fingerprint density at radius 3 is 2.95 bits per heavy atom. The third-order valence-corrected chi connectivity index (χ3v) is 4.50. The number of fused-ring (bicyclic) bond motifs is 1. The summed E-state index contributed by atoms with van der Waals surface area (Å²) in [6, 6.07) is 8.74. The fourth-order valence-electron chi connectivity index (χ4n) is 3.22. The van der Waals surface area contributed by atoms with Crippen LogP contribution in [0.4, 0.5) is 0 Å². The molecule has 0 spiro atoms. The first-order chi connectivity index (χ1) is 10.3. The normalized spacial score (nSPS) is 20.8. The number of hydrogen-bond acceptors (Lipinski definition) is 3. The summed E-state index contributed by atoms with van der Waals surface area (Å²) in [6.07, 6.45) is 6.31. The van der Waals surface area contributed by atoms with E-state index in [1.165, 1.54) is 30.2 Å². The molecule has 2 unspecified atom stereocenters. The predicted molar refractivity (Wildman–Crippen MR) is 85.6 cm³/mol. The van der Waals surface area contributed by atoms with Gasteiger partial charge in [0.25, 0.3) is 0 Å². The average Bonchev–Trinajstić information content (AvgIpc) is 2.94. The molecule has 1 fully saturated rings. The van der Waals surface area contributed by atoms with Gasteiger partial charge >= 0.3 is 0 Å². The van der Waals surface area contributed by atoms with E-state index in [4.69, 9.17) is 9.15 Å². The average molecular weight is 287 g/mol. The maximum absolute atomic E-state index is 6.09. The van der Waals surface area contributed by atoms with E-state index in [2.05, 4.69) is 36.5 Å². The summed E-state index contributed by atoms with van der Waals surface area (Å²) in [5.41, 5.74) is 2.21. The third-order valence-electron chi connectivity index (χ3n) is 4.50. The van der Waals surface area contributed by atoms with Crippen molar-refractivity contribution in [3.63, 3.8) is 0 Å². The molecule has 1 aliphatic heterocycles. The largest absolute Gasteiger partial charge is 0.459 e. The lowest BCUT2D eigenvalue weighted by Crippen LogP contribution is -2.22. The topological polar surface area (TPSA) is 34.4 Å². The Hall–Kier alpha value is -1.32. The van der Waals surface area contributed by atoms with Crippen LogP contribution in [0, 0.1) is 6.92 Å². The van der Waals surface area contributed by atoms with Crippen molar-refractivity contribution in [1.29, 1.82) is 0 Å². The minimum absolute atomic E-state index is 0.266. The first kappa shape index (κ1) is 14.6. The molecule has 0 aliphatic carbocycles. The summed E-state index contributed by atoms with van der Waals surface area (Å²) >= 11 is 0. The van der Waals surface area contributed by atoms with Crippen molar-refractivity contribution in [3.05, 3.63) is 35.6 Å².